The van der Waals surface area contributed by atoms with Crippen LogP contribution in [-0.2, 0) is 0 Å². The van der Waals surface area contributed by atoms with Crippen LogP contribution in [0.1, 0.15) is 37.0 Å². The quantitative estimate of drug-likeness (QED) is 0.732. The molecule has 0 aromatic heterocycles. The van der Waals surface area contributed by atoms with Crippen molar-refractivity contribution in [1.29, 1.82) is 0 Å². The van der Waals surface area contributed by atoms with Gasteiger partial charge in [0.2, 0.25) is 0 Å². The van der Waals surface area contributed by atoms with Crippen LogP contribution in [0.3, 0.4) is 0 Å². The number of rotatable bonds is 6. The van der Waals surface area contributed by atoms with Crippen molar-refractivity contribution in [2.75, 3.05) is 13.7 Å². The number of nitrogens with one attached hydrogen (secondary N) is 1. The molecule has 0 aliphatic rings. The Morgan fingerprint density at radius 2 is 2.00 bits per heavy atom. The topological polar surface area (TPSA) is 78.8 Å². The van der Waals surface area contributed by atoms with Gasteiger partial charge in [-0.2, -0.15) is 0 Å². The summed E-state index contributed by atoms with van der Waals surface area (Å²) < 4.78 is 4.95. The predicted molar refractivity (Wildman–Crippen MR) is 72.5 cm³/mol. The highest BCUT2D eigenvalue weighted by Crippen LogP contribution is 2.23. The second-order valence-corrected chi connectivity index (χ2v) is 4.50. The Hall–Kier alpha value is -1.75. The van der Waals surface area contributed by atoms with E-state index in [0.717, 1.165) is 0 Å². The van der Waals surface area contributed by atoms with Crippen molar-refractivity contribution in [2.45, 2.75) is 32.3 Å². The van der Waals surface area contributed by atoms with Gasteiger partial charge in [0.1, 0.15) is 11.5 Å². The zero-order chi connectivity index (χ0) is 14.5. The molecule has 0 spiro atoms. The third-order valence-electron chi connectivity index (χ3n) is 3.34. The average molecular weight is 267 g/mol. The van der Waals surface area contributed by atoms with E-state index in [1.54, 1.807) is 6.07 Å². The molecule has 0 heterocycles. The lowest BCUT2D eigenvalue weighted by molar-refractivity contribution is 0.0313. The number of aliphatic hydroxyl groups is 1. The molecule has 0 saturated carbocycles. The molecule has 3 N–H and O–H groups in total. The highest BCUT2D eigenvalue weighted by atomic mass is 16.5. The molecule has 0 fully saturated rings. The molecular weight excluding hydrogens is 246 g/mol. The monoisotopic (exact) mass is 267 g/mol. The molecule has 0 atom stereocenters. The minimum atomic E-state index is -0.905. The maximum absolute atomic E-state index is 11.9. The summed E-state index contributed by atoms with van der Waals surface area (Å²) in [5.41, 5.74) is -0.743. The van der Waals surface area contributed by atoms with Crippen LogP contribution in [0.5, 0.6) is 11.5 Å². The minimum Gasteiger partial charge on any atom is -0.507 e. The van der Waals surface area contributed by atoms with E-state index in [1.807, 2.05) is 13.8 Å². The van der Waals surface area contributed by atoms with Crippen molar-refractivity contribution in [1.82, 2.24) is 5.32 Å². The van der Waals surface area contributed by atoms with Crippen LogP contribution < -0.4 is 10.1 Å². The molecule has 0 radical (unpaired) electrons. The van der Waals surface area contributed by atoms with Crippen molar-refractivity contribution in [3.05, 3.63) is 23.8 Å². The highest BCUT2D eigenvalue weighted by Gasteiger charge is 2.23. The first-order chi connectivity index (χ1) is 8.95. The molecule has 106 valence electrons. The van der Waals surface area contributed by atoms with Crippen molar-refractivity contribution >= 4 is 5.91 Å². The van der Waals surface area contributed by atoms with E-state index in [9.17, 15) is 15.0 Å². The van der Waals surface area contributed by atoms with Gasteiger partial charge in [0, 0.05) is 12.6 Å². The van der Waals surface area contributed by atoms with Crippen LogP contribution in [0, 0.1) is 0 Å². The van der Waals surface area contributed by atoms with E-state index in [2.05, 4.69) is 5.32 Å². The van der Waals surface area contributed by atoms with E-state index >= 15 is 0 Å². The van der Waals surface area contributed by atoms with Crippen LogP contribution in [-0.4, -0.2) is 35.4 Å². The Bertz CT molecular complexity index is 441. The minimum absolute atomic E-state index is 0.145. The Balaban J connectivity index is 2.74. The molecule has 5 heteroatoms. The number of hydrogen-bond acceptors (Lipinski definition) is 4. The van der Waals surface area contributed by atoms with E-state index in [-0.39, 0.29) is 17.9 Å². The lowest BCUT2D eigenvalue weighted by Gasteiger charge is -2.25. The third kappa shape index (κ3) is 3.86. The zero-order valence-corrected chi connectivity index (χ0v) is 11.6. The number of amides is 1. The van der Waals surface area contributed by atoms with Gasteiger partial charge in [0.05, 0.1) is 18.3 Å². The van der Waals surface area contributed by atoms with Gasteiger partial charge >= 0.3 is 0 Å². The SMILES string of the molecule is CCC(O)(CC)CNC(=O)c1ccc(OC)cc1O. The van der Waals surface area contributed by atoms with Crippen molar-refractivity contribution in [2.24, 2.45) is 0 Å². The van der Waals surface area contributed by atoms with E-state index in [4.69, 9.17) is 4.74 Å². The number of methoxy groups -OCH3 is 1. The highest BCUT2D eigenvalue weighted by molar-refractivity contribution is 5.97. The first-order valence-electron chi connectivity index (χ1n) is 6.33. The van der Waals surface area contributed by atoms with Gasteiger partial charge in [-0.25, -0.2) is 0 Å². The van der Waals surface area contributed by atoms with E-state index in [0.29, 0.717) is 18.6 Å². The fourth-order valence-electron chi connectivity index (χ4n) is 1.67. The zero-order valence-electron chi connectivity index (χ0n) is 11.6. The van der Waals surface area contributed by atoms with Crippen molar-refractivity contribution in [3.63, 3.8) is 0 Å². The molecule has 1 amide bonds. The van der Waals surface area contributed by atoms with Crippen molar-refractivity contribution in [3.8, 4) is 11.5 Å². The van der Waals surface area contributed by atoms with E-state index in [1.165, 1.54) is 19.2 Å². The number of hydrogen-bond donors (Lipinski definition) is 3. The first kappa shape index (κ1) is 15.3. The van der Waals surface area contributed by atoms with Gasteiger partial charge < -0.3 is 20.3 Å². The fourth-order valence-corrected chi connectivity index (χ4v) is 1.67. The summed E-state index contributed by atoms with van der Waals surface area (Å²) in [4.78, 5) is 11.9. The van der Waals surface area contributed by atoms with Crippen LogP contribution in [0.2, 0.25) is 0 Å². The molecule has 0 unspecified atom stereocenters. The Kier molecular flexibility index (Phi) is 5.18. The van der Waals surface area contributed by atoms with Gasteiger partial charge in [-0.15, -0.1) is 0 Å². The predicted octanol–water partition coefficient (Wildman–Crippen LogP) is 1.68. The summed E-state index contributed by atoms with van der Waals surface area (Å²) in [5.74, 6) is -0.0819. The number of benzene rings is 1. The number of carbonyl (C=O) groups is 1. The number of aromatic hydroxyl groups is 1. The largest absolute Gasteiger partial charge is 0.507 e. The summed E-state index contributed by atoms with van der Waals surface area (Å²) in [6.07, 6.45) is 1.11. The van der Waals surface area contributed by atoms with E-state index < -0.39 is 11.5 Å². The Labute approximate surface area is 113 Å². The molecule has 0 aliphatic heterocycles. The van der Waals surface area contributed by atoms with Crippen LogP contribution in [0.25, 0.3) is 0 Å². The average Bonchev–Trinajstić information content (AvgIpc) is 2.44. The van der Waals surface area contributed by atoms with Crippen molar-refractivity contribution < 1.29 is 19.7 Å². The maximum Gasteiger partial charge on any atom is 0.255 e. The van der Waals surface area contributed by atoms with Crippen LogP contribution in [0.15, 0.2) is 18.2 Å². The number of phenolic OH excluding ortho intramolecular Hbond substituents is 1. The number of phenols is 1. The number of carbonyl (C=O) groups excluding carboxylic acids is 1. The second-order valence-electron chi connectivity index (χ2n) is 4.50. The Morgan fingerprint density at radius 3 is 2.47 bits per heavy atom. The van der Waals surface area contributed by atoms with Gasteiger partial charge in [0.15, 0.2) is 0 Å². The summed E-state index contributed by atoms with van der Waals surface area (Å²) in [5, 5.41) is 22.4. The maximum atomic E-state index is 11.9. The summed E-state index contributed by atoms with van der Waals surface area (Å²) >= 11 is 0. The summed E-state index contributed by atoms with van der Waals surface area (Å²) in [6, 6.07) is 4.46. The molecular formula is C14H21NO4. The molecule has 0 saturated heterocycles. The first-order valence-corrected chi connectivity index (χ1v) is 6.33. The normalized spacial score (nSPS) is 11.2. The lowest BCUT2D eigenvalue weighted by Crippen LogP contribution is -2.42. The third-order valence-corrected chi connectivity index (χ3v) is 3.34. The summed E-state index contributed by atoms with van der Waals surface area (Å²) in [6.45, 7) is 3.88. The molecule has 0 bridgehead atoms. The standard InChI is InChI=1S/C14H21NO4/c1-4-14(18,5-2)9-15-13(17)11-7-6-10(19-3)8-12(11)16/h6-8,16,18H,4-5,9H2,1-3H3,(H,15,17). The molecule has 5 nitrogen and oxygen atoms in total. The molecule has 1 rings (SSSR count). The van der Waals surface area contributed by atoms with Gasteiger partial charge in [0.25, 0.3) is 5.91 Å². The smallest absolute Gasteiger partial charge is 0.255 e. The number of ether oxygens (including phenoxy) is 1. The van der Waals surface area contributed by atoms with Gasteiger partial charge in [-0.3, -0.25) is 4.79 Å². The van der Waals surface area contributed by atoms with Crippen LogP contribution >= 0.6 is 0 Å². The van der Waals surface area contributed by atoms with Gasteiger partial charge in [-0.1, -0.05) is 13.8 Å². The fraction of sp³-hybridized carbons (Fsp3) is 0.500. The second kappa shape index (κ2) is 6.43. The van der Waals surface area contributed by atoms with Crippen LogP contribution in [0.4, 0.5) is 0 Å². The molecule has 1 aromatic rings. The molecule has 1 aromatic carbocycles. The van der Waals surface area contributed by atoms with Gasteiger partial charge in [-0.05, 0) is 25.0 Å². The Morgan fingerprint density at radius 1 is 1.37 bits per heavy atom. The molecule has 0 aliphatic carbocycles. The lowest BCUT2D eigenvalue weighted by atomic mass is 9.97. The summed E-state index contributed by atoms with van der Waals surface area (Å²) in [7, 11) is 1.48. The molecule has 19 heavy (non-hydrogen) atoms.